The van der Waals surface area contributed by atoms with E-state index >= 15 is 0 Å². The standard InChI is InChI=1S/C18H19N3O3/c1-13-6-2-4-8-15(13)20-17(23)10-11-18(24)21-19-12-14-7-3-5-9-16(14)22/h2-9,12,22H,10-11H2,1H3,(H,20,23)(H,21,24). The zero-order valence-electron chi connectivity index (χ0n) is 13.3. The van der Waals surface area contributed by atoms with E-state index in [1.54, 1.807) is 18.2 Å². The third kappa shape index (κ3) is 5.24. The van der Waals surface area contributed by atoms with Crippen LogP contribution in [0.15, 0.2) is 53.6 Å². The van der Waals surface area contributed by atoms with Gasteiger partial charge in [0.2, 0.25) is 11.8 Å². The molecule has 124 valence electrons. The van der Waals surface area contributed by atoms with Crippen molar-refractivity contribution in [3.8, 4) is 5.75 Å². The molecular formula is C18H19N3O3. The normalized spacial score (nSPS) is 10.5. The molecule has 3 N–H and O–H groups in total. The number of aromatic hydroxyl groups is 1. The Bertz CT molecular complexity index is 757. The number of amides is 2. The predicted molar refractivity (Wildman–Crippen MR) is 92.9 cm³/mol. The number of carbonyl (C=O) groups excluding carboxylic acids is 2. The van der Waals surface area contributed by atoms with Crippen LogP contribution in [0.3, 0.4) is 0 Å². The highest BCUT2D eigenvalue weighted by Crippen LogP contribution is 2.14. The summed E-state index contributed by atoms with van der Waals surface area (Å²) in [6.45, 7) is 1.90. The van der Waals surface area contributed by atoms with Crippen molar-refractivity contribution >= 4 is 23.7 Å². The van der Waals surface area contributed by atoms with Crippen LogP contribution in [0.1, 0.15) is 24.0 Å². The Kier molecular flexibility index (Phi) is 6.08. The Hall–Kier alpha value is -3.15. The van der Waals surface area contributed by atoms with Crippen LogP contribution in [0.4, 0.5) is 5.69 Å². The molecule has 0 aliphatic rings. The van der Waals surface area contributed by atoms with Gasteiger partial charge in [-0.3, -0.25) is 9.59 Å². The maximum atomic E-state index is 11.8. The van der Waals surface area contributed by atoms with Crippen LogP contribution < -0.4 is 10.7 Å². The molecule has 0 aromatic heterocycles. The first-order valence-electron chi connectivity index (χ1n) is 7.51. The molecule has 0 spiro atoms. The molecule has 2 amide bonds. The van der Waals surface area contributed by atoms with Gasteiger partial charge in [-0.05, 0) is 30.7 Å². The number of nitrogens with one attached hydrogen (secondary N) is 2. The second-order valence-corrected chi connectivity index (χ2v) is 5.22. The first kappa shape index (κ1) is 17.2. The van der Waals surface area contributed by atoms with E-state index in [9.17, 15) is 14.7 Å². The van der Waals surface area contributed by atoms with Crippen LogP contribution in [0.2, 0.25) is 0 Å². The second-order valence-electron chi connectivity index (χ2n) is 5.22. The van der Waals surface area contributed by atoms with Crippen molar-refractivity contribution < 1.29 is 14.7 Å². The molecule has 0 bridgehead atoms. The fourth-order valence-corrected chi connectivity index (χ4v) is 1.98. The summed E-state index contributed by atoms with van der Waals surface area (Å²) in [6, 6.07) is 14.1. The molecule has 24 heavy (non-hydrogen) atoms. The van der Waals surface area contributed by atoms with E-state index in [1.165, 1.54) is 12.3 Å². The summed E-state index contributed by atoms with van der Waals surface area (Å²) >= 11 is 0. The highest BCUT2D eigenvalue weighted by Gasteiger charge is 2.07. The molecule has 0 saturated heterocycles. The summed E-state index contributed by atoms with van der Waals surface area (Å²) in [5.41, 5.74) is 4.52. The van der Waals surface area contributed by atoms with Crippen molar-refractivity contribution in [3.63, 3.8) is 0 Å². The molecule has 0 atom stereocenters. The van der Waals surface area contributed by atoms with Crippen molar-refractivity contribution in [2.75, 3.05) is 5.32 Å². The largest absolute Gasteiger partial charge is 0.507 e. The summed E-state index contributed by atoms with van der Waals surface area (Å²) in [4.78, 5) is 23.5. The van der Waals surface area contributed by atoms with Gasteiger partial charge < -0.3 is 10.4 Å². The summed E-state index contributed by atoms with van der Waals surface area (Å²) in [6.07, 6.45) is 1.43. The molecule has 2 aromatic carbocycles. The van der Waals surface area contributed by atoms with E-state index in [2.05, 4.69) is 15.8 Å². The number of rotatable bonds is 6. The van der Waals surface area contributed by atoms with Gasteiger partial charge in [0.1, 0.15) is 5.75 Å². The molecule has 0 saturated carbocycles. The van der Waals surface area contributed by atoms with E-state index in [0.717, 1.165) is 11.3 Å². The Balaban J connectivity index is 1.76. The fourth-order valence-electron chi connectivity index (χ4n) is 1.98. The average molecular weight is 325 g/mol. The topological polar surface area (TPSA) is 90.8 Å². The zero-order chi connectivity index (χ0) is 17.4. The maximum absolute atomic E-state index is 11.8. The van der Waals surface area contributed by atoms with E-state index in [4.69, 9.17) is 0 Å². The van der Waals surface area contributed by atoms with Gasteiger partial charge in [0.15, 0.2) is 0 Å². The Morgan fingerprint density at radius 1 is 1.04 bits per heavy atom. The molecule has 0 aliphatic heterocycles. The lowest BCUT2D eigenvalue weighted by molar-refractivity contribution is -0.124. The van der Waals surface area contributed by atoms with Gasteiger partial charge in [-0.15, -0.1) is 0 Å². The third-order valence-corrected chi connectivity index (χ3v) is 3.33. The summed E-state index contributed by atoms with van der Waals surface area (Å²) in [5.74, 6) is -0.529. The first-order chi connectivity index (χ1) is 11.6. The number of hydrogen-bond donors (Lipinski definition) is 3. The summed E-state index contributed by atoms with van der Waals surface area (Å²) in [7, 11) is 0. The fraction of sp³-hybridized carbons (Fsp3) is 0.167. The Morgan fingerprint density at radius 2 is 1.71 bits per heavy atom. The molecule has 0 fully saturated rings. The number of nitrogens with zero attached hydrogens (tertiary/aromatic N) is 1. The number of benzene rings is 2. The van der Waals surface area contributed by atoms with Gasteiger partial charge in [-0.2, -0.15) is 5.10 Å². The average Bonchev–Trinajstić information content (AvgIpc) is 2.57. The molecule has 2 aromatic rings. The summed E-state index contributed by atoms with van der Waals surface area (Å²) in [5, 5.41) is 16.1. The van der Waals surface area contributed by atoms with Crippen LogP contribution in [0.5, 0.6) is 5.75 Å². The van der Waals surface area contributed by atoms with E-state index in [1.807, 2.05) is 31.2 Å². The maximum Gasteiger partial charge on any atom is 0.240 e. The highest BCUT2D eigenvalue weighted by molar-refractivity contribution is 5.94. The minimum atomic E-state index is -0.374. The number of phenolic OH excluding ortho intramolecular Hbond substituents is 1. The lowest BCUT2D eigenvalue weighted by Crippen LogP contribution is -2.20. The van der Waals surface area contributed by atoms with E-state index in [0.29, 0.717) is 5.56 Å². The molecule has 6 heteroatoms. The van der Waals surface area contributed by atoms with Crippen molar-refractivity contribution in [3.05, 3.63) is 59.7 Å². The monoisotopic (exact) mass is 325 g/mol. The number of aryl methyl sites for hydroxylation is 1. The van der Waals surface area contributed by atoms with Crippen molar-refractivity contribution in [1.82, 2.24) is 5.43 Å². The van der Waals surface area contributed by atoms with Crippen LogP contribution >= 0.6 is 0 Å². The van der Waals surface area contributed by atoms with Crippen LogP contribution in [-0.4, -0.2) is 23.1 Å². The molecule has 6 nitrogen and oxygen atoms in total. The Morgan fingerprint density at radius 3 is 2.46 bits per heavy atom. The SMILES string of the molecule is Cc1ccccc1NC(=O)CCC(=O)NN=Cc1ccccc1O. The molecule has 0 radical (unpaired) electrons. The quantitative estimate of drug-likeness (QED) is 0.563. The lowest BCUT2D eigenvalue weighted by atomic mass is 10.2. The van der Waals surface area contributed by atoms with Gasteiger partial charge >= 0.3 is 0 Å². The molecule has 0 unspecified atom stereocenters. The van der Waals surface area contributed by atoms with E-state index in [-0.39, 0.29) is 30.4 Å². The summed E-state index contributed by atoms with van der Waals surface area (Å²) < 4.78 is 0. The van der Waals surface area contributed by atoms with Gasteiger partial charge in [0, 0.05) is 24.1 Å². The van der Waals surface area contributed by atoms with Crippen LogP contribution in [0.25, 0.3) is 0 Å². The molecular weight excluding hydrogens is 306 g/mol. The molecule has 0 heterocycles. The van der Waals surface area contributed by atoms with Gasteiger partial charge in [-0.1, -0.05) is 30.3 Å². The van der Waals surface area contributed by atoms with Gasteiger partial charge in [-0.25, -0.2) is 5.43 Å². The van der Waals surface area contributed by atoms with E-state index < -0.39 is 0 Å². The molecule has 2 rings (SSSR count). The number of hydrazone groups is 1. The Labute approximate surface area is 140 Å². The molecule has 0 aliphatic carbocycles. The number of para-hydroxylation sites is 2. The van der Waals surface area contributed by atoms with Gasteiger partial charge in [0.05, 0.1) is 6.21 Å². The number of phenols is 1. The second kappa shape index (κ2) is 8.47. The highest BCUT2D eigenvalue weighted by atomic mass is 16.3. The predicted octanol–water partition coefficient (Wildman–Crippen LogP) is 2.57. The number of anilines is 1. The van der Waals surface area contributed by atoms with Crippen molar-refractivity contribution in [2.24, 2.45) is 5.10 Å². The smallest absolute Gasteiger partial charge is 0.240 e. The zero-order valence-corrected chi connectivity index (χ0v) is 13.3. The number of carbonyl (C=O) groups is 2. The van der Waals surface area contributed by atoms with Crippen molar-refractivity contribution in [2.45, 2.75) is 19.8 Å². The van der Waals surface area contributed by atoms with Crippen molar-refractivity contribution in [1.29, 1.82) is 0 Å². The minimum absolute atomic E-state index is 0.0236. The van der Waals surface area contributed by atoms with Crippen LogP contribution in [-0.2, 0) is 9.59 Å². The van der Waals surface area contributed by atoms with Gasteiger partial charge in [0.25, 0.3) is 0 Å². The minimum Gasteiger partial charge on any atom is -0.507 e. The van der Waals surface area contributed by atoms with Crippen LogP contribution in [0, 0.1) is 6.92 Å². The lowest BCUT2D eigenvalue weighted by Gasteiger charge is -2.07. The first-order valence-corrected chi connectivity index (χ1v) is 7.51. The third-order valence-electron chi connectivity index (χ3n) is 3.33. The number of hydrogen-bond acceptors (Lipinski definition) is 4.